The minimum Gasteiger partial charge on any atom is -0.342 e. The molecule has 8 nitrogen and oxygen atoms in total. The summed E-state index contributed by atoms with van der Waals surface area (Å²) in [5, 5.41) is 10.1. The molecule has 1 unspecified atom stereocenters. The van der Waals surface area contributed by atoms with Gasteiger partial charge in [-0.3, -0.25) is 14.5 Å². The fourth-order valence-electron chi connectivity index (χ4n) is 4.94. The summed E-state index contributed by atoms with van der Waals surface area (Å²) in [4.78, 5) is 29.9. The SMILES string of the molecule is Cc1nonc1NC(=O)CN1CCC(C2CCCCN(CCc3ccccc3)C2=O)CC1. The zero-order valence-corrected chi connectivity index (χ0v) is 18.8. The van der Waals surface area contributed by atoms with Crippen LogP contribution in [-0.2, 0) is 16.0 Å². The number of carbonyl (C=O) groups is 2. The highest BCUT2D eigenvalue weighted by molar-refractivity contribution is 5.91. The van der Waals surface area contributed by atoms with E-state index in [1.807, 2.05) is 6.07 Å². The molecule has 1 aromatic carbocycles. The second-order valence-electron chi connectivity index (χ2n) is 9.02. The molecule has 2 amide bonds. The Hall–Kier alpha value is -2.74. The summed E-state index contributed by atoms with van der Waals surface area (Å²) in [5.74, 6) is 1.13. The van der Waals surface area contributed by atoms with Gasteiger partial charge in [0.2, 0.25) is 11.8 Å². The number of nitrogens with zero attached hydrogens (tertiary/aromatic N) is 4. The van der Waals surface area contributed by atoms with Crippen molar-refractivity contribution in [3.63, 3.8) is 0 Å². The molecule has 3 heterocycles. The molecule has 172 valence electrons. The fraction of sp³-hybridized carbons (Fsp3) is 0.583. The quantitative estimate of drug-likeness (QED) is 0.713. The van der Waals surface area contributed by atoms with E-state index in [2.05, 4.69) is 54.3 Å². The van der Waals surface area contributed by atoms with E-state index in [-0.39, 0.29) is 11.8 Å². The molecule has 0 saturated carbocycles. The van der Waals surface area contributed by atoms with E-state index in [9.17, 15) is 9.59 Å². The van der Waals surface area contributed by atoms with Gasteiger partial charge in [-0.2, -0.15) is 0 Å². The zero-order valence-electron chi connectivity index (χ0n) is 18.8. The molecule has 1 atom stereocenters. The predicted molar refractivity (Wildman–Crippen MR) is 121 cm³/mol. The third kappa shape index (κ3) is 5.73. The molecule has 2 saturated heterocycles. The lowest BCUT2D eigenvalue weighted by atomic mass is 9.81. The van der Waals surface area contributed by atoms with Crippen LogP contribution in [0.5, 0.6) is 0 Å². The Kier molecular flexibility index (Phi) is 7.52. The number of hydrogen-bond acceptors (Lipinski definition) is 6. The average molecular weight is 440 g/mol. The Balaban J connectivity index is 1.26. The van der Waals surface area contributed by atoms with E-state index in [1.165, 1.54) is 5.56 Å². The van der Waals surface area contributed by atoms with Crippen LogP contribution in [0.1, 0.15) is 43.4 Å². The highest BCUT2D eigenvalue weighted by Crippen LogP contribution is 2.32. The first-order valence-corrected chi connectivity index (χ1v) is 11.7. The molecule has 1 N–H and O–H groups in total. The number of benzene rings is 1. The molecule has 0 aliphatic carbocycles. The lowest BCUT2D eigenvalue weighted by Gasteiger charge is -2.36. The van der Waals surface area contributed by atoms with Crippen LogP contribution >= 0.6 is 0 Å². The summed E-state index contributed by atoms with van der Waals surface area (Å²) >= 11 is 0. The lowest BCUT2D eigenvalue weighted by molar-refractivity contribution is -0.137. The molecule has 2 aliphatic heterocycles. The van der Waals surface area contributed by atoms with Gasteiger partial charge in [-0.15, -0.1) is 0 Å². The fourth-order valence-corrected chi connectivity index (χ4v) is 4.94. The molecule has 2 aliphatic rings. The van der Waals surface area contributed by atoms with Crippen LogP contribution in [0.4, 0.5) is 5.82 Å². The van der Waals surface area contributed by atoms with E-state index in [4.69, 9.17) is 0 Å². The van der Waals surface area contributed by atoms with Crippen LogP contribution in [0.2, 0.25) is 0 Å². The first-order valence-electron chi connectivity index (χ1n) is 11.7. The van der Waals surface area contributed by atoms with Gasteiger partial charge in [-0.25, -0.2) is 4.63 Å². The summed E-state index contributed by atoms with van der Waals surface area (Å²) < 4.78 is 4.62. The normalized spacial score (nSPS) is 20.8. The number of rotatable bonds is 7. The van der Waals surface area contributed by atoms with Crippen LogP contribution in [0, 0.1) is 18.8 Å². The summed E-state index contributed by atoms with van der Waals surface area (Å²) in [6.45, 7) is 5.40. The van der Waals surface area contributed by atoms with E-state index < -0.39 is 0 Å². The van der Waals surface area contributed by atoms with Gasteiger partial charge in [-0.1, -0.05) is 41.9 Å². The van der Waals surface area contributed by atoms with Crippen molar-refractivity contribution in [2.24, 2.45) is 11.8 Å². The van der Waals surface area contributed by atoms with Crippen LogP contribution < -0.4 is 5.32 Å². The third-order valence-corrected chi connectivity index (χ3v) is 6.81. The molecule has 8 heteroatoms. The van der Waals surface area contributed by atoms with Crippen molar-refractivity contribution in [2.75, 3.05) is 38.0 Å². The molecule has 0 bridgehead atoms. The molecule has 32 heavy (non-hydrogen) atoms. The first-order chi connectivity index (χ1) is 15.6. The second-order valence-corrected chi connectivity index (χ2v) is 9.02. The number of nitrogens with one attached hydrogen (secondary N) is 1. The molecule has 2 fully saturated rings. The van der Waals surface area contributed by atoms with Crippen LogP contribution in [0.3, 0.4) is 0 Å². The Morgan fingerprint density at radius 3 is 2.59 bits per heavy atom. The number of anilines is 1. The van der Waals surface area contributed by atoms with E-state index in [0.717, 1.165) is 64.7 Å². The van der Waals surface area contributed by atoms with Gasteiger partial charge in [0.05, 0.1) is 6.54 Å². The summed E-state index contributed by atoms with van der Waals surface area (Å²) in [6.07, 6.45) is 6.03. The van der Waals surface area contributed by atoms with Crippen molar-refractivity contribution in [3.8, 4) is 0 Å². The number of hydrogen-bond donors (Lipinski definition) is 1. The van der Waals surface area contributed by atoms with Crippen LogP contribution in [-0.4, -0.2) is 64.7 Å². The largest absolute Gasteiger partial charge is 0.342 e. The summed E-state index contributed by atoms with van der Waals surface area (Å²) in [7, 11) is 0. The molecule has 0 spiro atoms. The molecular formula is C24H33N5O3. The zero-order chi connectivity index (χ0) is 22.3. The van der Waals surface area contributed by atoms with Gasteiger partial charge < -0.3 is 10.2 Å². The van der Waals surface area contributed by atoms with Crippen molar-refractivity contribution in [1.82, 2.24) is 20.1 Å². The Morgan fingerprint density at radius 1 is 1.09 bits per heavy atom. The molecule has 0 radical (unpaired) electrons. The van der Waals surface area contributed by atoms with E-state index in [0.29, 0.717) is 29.9 Å². The number of amides is 2. The van der Waals surface area contributed by atoms with Gasteiger partial charge in [0, 0.05) is 19.0 Å². The van der Waals surface area contributed by atoms with E-state index in [1.54, 1.807) is 6.92 Å². The minimum atomic E-state index is -0.111. The van der Waals surface area contributed by atoms with Gasteiger partial charge >= 0.3 is 0 Å². The van der Waals surface area contributed by atoms with Gasteiger partial charge in [0.25, 0.3) is 0 Å². The average Bonchev–Trinajstić information content (AvgIpc) is 3.11. The highest BCUT2D eigenvalue weighted by Gasteiger charge is 2.35. The smallest absolute Gasteiger partial charge is 0.239 e. The van der Waals surface area contributed by atoms with Crippen molar-refractivity contribution >= 4 is 17.6 Å². The highest BCUT2D eigenvalue weighted by atomic mass is 16.6. The number of aryl methyl sites for hydroxylation is 1. The minimum absolute atomic E-state index is 0.111. The number of piperidine rings is 1. The number of likely N-dealkylation sites (tertiary alicyclic amines) is 2. The molecular weight excluding hydrogens is 406 g/mol. The Bertz CT molecular complexity index is 892. The van der Waals surface area contributed by atoms with Crippen molar-refractivity contribution < 1.29 is 14.2 Å². The maximum Gasteiger partial charge on any atom is 0.239 e. The second kappa shape index (κ2) is 10.7. The number of aromatic nitrogens is 2. The Morgan fingerprint density at radius 2 is 1.88 bits per heavy atom. The number of carbonyl (C=O) groups excluding carboxylic acids is 2. The monoisotopic (exact) mass is 439 g/mol. The van der Waals surface area contributed by atoms with Crippen molar-refractivity contribution in [3.05, 3.63) is 41.6 Å². The van der Waals surface area contributed by atoms with Crippen LogP contribution in [0.25, 0.3) is 0 Å². The maximum absolute atomic E-state index is 13.4. The topological polar surface area (TPSA) is 91.6 Å². The van der Waals surface area contributed by atoms with Crippen molar-refractivity contribution in [1.29, 1.82) is 0 Å². The standard InChI is InChI=1S/C24H33N5O3/c1-18-23(27-32-26-18)25-22(30)17-28-14-11-20(12-15-28)21-9-5-6-13-29(24(21)31)16-10-19-7-3-2-4-8-19/h2-4,7-8,20-21H,5-6,9-17H2,1H3,(H,25,27,30). The van der Waals surface area contributed by atoms with E-state index >= 15 is 0 Å². The maximum atomic E-state index is 13.4. The summed E-state index contributed by atoms with van der Waals surface area (Å²) in [6, 6.07) is 10.4. The van der Waals surface area contributed by atoms with Crippen LogP contribution in [0.15, 0.2) is 35.0 Å². The molecule has 1 aromatic heterocycles. The lowest BCUT2D eigenvalue weighted by Crippen LogP contribution is -2.44. The molecule has 2 aromatic rings. The third-order valence-electron chi connectivity index (χ3n) is 6.81. The van der Waals surface area contributed by atoms with Gasteiger partial charge in [0.15, 0.2) is 5.82 Å². The predicted octanol–water partition coefficient (Wildman–Crippen LogP) is 2.90. The Labute approximate surface area is 189 Å². The molecule has 4 rings (SSSR count). The summed E-state index contributed by atoms with van der Waals surface area (Å²) in [5.41, 5.74) is 1.85. The van der Waals surface area contributed by atoms with Crippen molar-refractivity contribution in [2.45, 2.75) is 45.4 Å². The first kappa shape index (κ1) is 22.5. The van der Waals surface area contributed by atoms with Gasteiger partial charge in [0.1, 0.15) is 5.69 Å². The van der Waals surface area contributed by atoms with Gasteiger partial charge in [-0.05, 0) is 68.8 Å².